The zero-order valence-electron chi connectivity index (χ0n) is 12.1. The lowest BCUT2D eigenvalue weighted by Gasteiger charge is -2.17. The SMILES string of the molecule is CCCC(=O)Nc1ccc(N(C)c2ccc(C)s2)cc1. The summed E-state index contributed by atoms with van der Waals surface area (Å²) in [6, 6.07) is 12.2. The van der Waals surface area contributed by atoms with Gasteiger partial charge in [0.25, 0.3) is 0 Å². The van der Waals surface area contributed by atoms with Crippen LogP contribution in [0, 0.1) is 6.92 Å². The maximum absolute atomic E-state index is 11.5. The molecule has 1 aromatic heterocycles. The van der Waals surface area contributed by atoms with Crippen molar-refractivity contribution in [1.29, 1.82) is 0 Å². The predicted molar refractivity (Wildman–Crippen MR) is 87.1 cm³/mol. The average molecular weight is 288 g/mol. The molecule has 0 aliphatic rings. The number of rotatable bonds is 5. The summed E-state index contributed by atoms with van der Waals surface area (Å²) >= 11 is 1.77. The predicted octanol–water partition coefficient (Wildman–Crippen LogP) is 4.56. The van der Waals surface area contributed by atoms with Gasteiger partial charge in [-0.1, -0.05) is 6.92 Å². The number of benzene rings is 1. The van der Waals surface area contributed by atoms with E-state index in [0.717, 1.165) is 17.8 Å². The fourth-order valence-electron chi connectivity index (χ4n) is 1.95. The number of nitrogens with zero attached hydrogens (tertiary/aromatic N) is 1. The lowest BCUT2D eigenvalue weighted by molar-refractivity contribution is -0.116. The van der Waals surface area contributed by atoms with E-state index in [1.807, 2.05) is 31.2 Å². The molecule has 1 heterocycles. The minimum atomic E-state index is 0.0717. The molecule has 0 saturated carbocycles. The molecule has 0 saturated heterocycles. The van der Waals surface area contributed by atoms with Crippen LogP contribution >= 0.6 is 11.3 Å². The molecule has 20 heavy (non-hydrogen) atoms. The van der Waals surface area contributed by atoms with E-state index in [1.54, 1.807) is 11.3 Å². The summed E-state index contributed by atoms with van der Waals surface area (Å²) in [5.74, 6) is 0.0717. The van der Waals surface area contributed by atoms with Crippen LogP contribution in [0.5, 0.6) is 0 Å². The van der Waals surface area contributed by atoms with Gasteiger partial charge < -0.3 is 10.2 Å². The van der Waals surface area contributed by atoms with Crippen molar-refractivity contribution >= 4 is 33.6 Å². The first-order valence-electron chi connectivity index (χ1n) is 6.80. The Morgan fingerprint density at radius 3 is 2.45 bits per heavy atom. The van der Waals surface area contributed by atoms with Crippen molar-refractivity contribution in [2.75, 3.05) is 17.3 Å². The molecule has 0 spiro atoms. The van der Waals surface area contributed by atoms with Gasteiger partial charge in [0.05, 0.1) is 5.00 Å². The number of amides is 1. The van der Waals surface area contributed by atoms with Crippen LogP contribution in [-0.2, 0) is 4.79 Å². The number of thiophene rings is 1. The van der Waals surface area contributed by atoms with Gasteiger partial charge in [0.1, 0.15) is 0 Å². The van der Waals surface area contributed by atoms with E-state index in [4.69, 9.17) is 0 Å². The molecule has 0 aliphatic heterocycles. The number of hydrogen-bond donors (Lipinski definition) is 1. The summed E-state index contributed by atoms with van der Waals surface area (Å²) in [6.45, 7) is 4.11. The quantitative estimate of drug-likeness (QED) is 0.874. The van der Waals surface area contributed by atoms with Crippen molar-refractivity contribution in [2.24, 2.45) is 0 Å². The van der Waals surface area contributed by atoms with E-state index in [0.29, 0.717) is 6.42 Å². The van der Waals surface area contributed by atoms with Crippen molar-refractivity contribution in [3.63, 3.8) is 0 Å². The molecule has 0 radical (unpaired) electrons. The highest BCUT2D eigenvalue weighted by molar-refractivity contribution is 7.16. The largest absolute Gasteiger partial charge is 0.336 e. The maximum atomic E-state index is 11.5. The van der Waals surface area contributed by atoms with Gasteiger partial charge >= 0.3 is 0 Å². The Morgan fingerprint density at radius 2 is 1.90 bits per heavy atom. The maximum Gasteiger partial charge on any atom is 0.224 e. The Kier molecular flexibility index (Phi) is 4.79. The van der Waals surface area contributed by atoms with E-state index >= 15 is 0 Å². The van der Waals surface area contributed by atoms with Gasteiger partial charge in [-0.05, 0) is 49.7 Å². The van der Waals surface area contributed by atoms with Gasteiger partial charge in [0, 0.05) is 29.7 Å². The second-order valence-corrected chi connectivity index (χ2v) is 6.05. The number of hydrogen-bond acceptors (Lipinski definition) is 3. The van der Waals surface area contributed by atoms with Crippen LogP contribution < -0.4 is 10.2 Å². The van der Waals surface area contributed by atoms with Crippen LogP contribution in [0.15, 0.2) is 36.4 Å². The third-order valence-corrected chi connectivity index (χ3v) is 4.15. The lowest BCUT2D eigenvalue weighted by atomic mass is 10.2. The van der Waals surface area contributed by atoms with Crippen molar-refractivity contribution in [1.82, 2.24) is 0 Å². The summed E-state index contributed by atoms with van der Waals surface area (Å²) in [5.41, 5.74) is 1.96. The molecule has 1 N–H and O–H groups in total. The molecule has 1 amide bonds. The highest BCUT2D eigenvalue weighted by atomic mass is 32.1. The van der Waals surface area contributed by atoms with Gasteiger partial charge in [0.2, 0.25) is 5.91 Å². The first-order chi connectivity index (χ1) is 9.60. The molecule has 1 aromatic carbocycles. The highest BCUT2D eigenvalue weighted by Crippen LogP contribution is 2.30. The standard InChI is InChI=1S/C16H20N2OS/c1-4-5-15(19)17-13-7-9-14(10-8-13)18(3)16-11-6-12(2)20-16/h6-11H,4-5H2,1-3H3,(H,17,19). The van der Waals surface area contributed by atoms with E-state index < -0.39 is 0 Å². The normalized spacial score (nSPS) is 10.3. The minimum Gasteiger partial charge on any atom is -0.336 e. The van der Waals surface area contributed by atoms with E-state index in [2.05, 4.69) is 36.3 Å². The number of carbonyl (C=O) groups excluding carboxylic acids is 1. The topological polar surface area (TPSA) is 32.3 Å². The molecule has 0 fully saturated rings. The molecule has 3 nitrogen and oxygen atoms in total. The number of carbonyl (C=O) groups is 1. The average Bonchev–Trinajstić information content (AvgIpc) is 2.86. The molecule has 0 atom stereocenters. The Morgan fingerprint density at radius 1 is 1.20 bits per heavy atom. The van der Waals surface area contributed by atoms with Gasteiger partial charge in [0.15, 0.2) is 0 Å². The molecule has 2 rings (SSSR count). The Labute approximate surface area is 124 Å². The van der Waals surface area contributed by atoms with Gasteiger partial charge in [-0.2, -0.15) is 0 Å². The van der Waals surface area contributed by atoms with Crippen LogP contribution in [0.4, 0.5) is 16.4 Å². The van der Waals surface area contributed by atoms with Crippen LogP contribution in [0.2, 0.25) is 0 Å². The lowest BCUT2D eigenvalue weighted by Crippen LogP contribution is -2.11. The first kappa shape index (κ1) is 14.6. The molecule has 4 heteroatoms. The fourth-order valence-corrected chi connectivity index (χ4v) is 2.79. The van der Waals surface area contributed by atoms with E-state index in [-0.39, 0.29) is 5.91 Å². The van der Waals surface area contributed by atoms with Crippen LogP contribution in [0.1, 0.15) is 24.6 Å². The Bertz CT molecular complexity index is 574. The van der Waals surface area contributed by atoms with Crippen molar-refractivity contribution < 1.29 is 4.79 Å². The number of anilines is 3. The second-order valence-electron chi connectivity index (χ2n) is 4.79. The molecule has 2 aromatic rings. The molecule has 0 aliphatic carbocycles. The van der Waals surface area contributed by atoms with Crippen molar-refractivity contribution in [2.45, 2.75) is 26.7 Å². The van der Waals surface area contributed by atoms with Crippen LogP contribution in [0.25, 0.3) is 0 Å². The van der Waals surface area contributed by atoms with Gasteiger partial charge in [-0.25, -0.2) is 0 Å². The summed E-state index contributed by atoms with van der Waals surface area (Å²) in [6.07, 6.45) is 1.43. The van der Waals surface area contributed by atoms with E-state index in [1.165, 1.54) is 9.88 Å². The zero-order chi connectivity index (χ0) is 14.5. The van der Waals surface area contributed by atoms with E-state index in [9.17, 15) is 4.79 Å². The molecule has 0 bridgehead atoms. The monoisotopic (exact) mass is 288 g/mol. The third kappa shape index (κ3) is 3.61. The molecular formula is C16H20N2OS. The summed E-state index contributed by atoms with van der Waals surface area (Å²) in [7, 11) is 2.05. The summed E-state index contributed by atoms with van der Waals surface area (Å²) in [5, 5.41) is 4.11. The van der Waals surface area contributed by atoms with Crippen molar-refractivity contribution in [3.8, 4) is 0 Å². The van der Waals surface area contributed by atoms with Gasteiger partial charge in [-0.15, -0.1) is 11.3 Å². The second kappa shape index (κ2) is 6.57. The minimum absolute atomic E-state index is 0.0717. The summed E-state index contributed by atoms with van der Waals surface area (Å²) in [4.78, 5) is 15.0. The fraction of sp³-hybridized carbons (Fsp3) is 0.312. The van der Waals surface area contributed by atoms with Crippen LogP contribution in [0.3, 0.4) is 0 Å². The van der Waals surface area contributed by atoms with Crippen molar-refractivity contribution in [3.05, 3.63) is 41.3 Å². The first-order valence-corrected chi connectivity index (χ1v) is 7.62. The molecule has 0 unspecified atom stereocenters. The molecule has 106 valence electrons. The molecular weight excluding hydrogens is 268 g/mol. The number of aryl methyl sites for hydroxylation is 1. The highest BCUT2D eigenvalue weighted by Gasteiger charge is 2.06. The smallest absolute Gasteiger partial charge is 0.224 e. The summed E-state index contributed by atoms with van der Waals surface area (Å²) < 4.78 is 0. The Balaban J connectivity index is 2.06. The van der Waals surface area contributed by atoms with Gasteiger partial charge in [-0.3, -0.25) is 4.79 Å². The third-order valence-electron chi connectivity index (χ3n) is 3.07. The zero-order valence-corrected chi connectivity index (χ0v) is 13.0. The number of nitrogens with one attached hydrogen (secondary N) is 1. The Hall–Kier alpha value is -1.81. The van der Waals surface area contributed by atoms with Crippen LogP contribution in [-0.4, -0.2) is 13.0 Å².